The molecule has 0 aromatic heterocycles. The molecule has 0 aliphatic carbocycles. The summed E-state index contributed by atoms with van der Waals surface area (Å²) in [4.78, 5) is 50.3. The van der Waals surface area contributed by atoms with Crippen LogP contribution in [0.5, 0.6) is 0 Å². The van der Waals surface area contributed by atoms with Crippen molar-refractivity contribution in [3.63, 3.8) is 0 Å². The van der Waals surface area contributed by atoms with Crippen LogP contribution in [0.3, 0.4) is 0 Å². The van der Waals surface area contributed by atoms with Gasteiger partial charge in [-0.05, 0) is 41.5 Å². The summed E-state index contributed by atoms with van der Waals surface area (Å²) in [5.74, 6) is -1.27. The van der Waals surface area contributed by atoms with Crippen LogP contribution < -0.4 is 5.32 Å². The fourth-order valence-corrected chi connectivity index (χ4v) is 1.94. The highest BCUT2D eigenvalue weighted by Gasteiger charge is 2.31. The van der Waals surface area contributed by atoms with E-state index in [0.717, 1.165) is 4.90 Å². The third-order valence-electron chi connectivity index (χ3n) is 3.73. The summed E-state index contributed by atoms with van der Waals surface area (Å²) in [5, 5.41) is 12.1. The third kappa shape index (κ3) is 7.81. The third-order valence-corrected chi connectivity index (χ3v) is 3.73. The number of aliphatic hydroxyl groups excluding tert-OH is 1. The Morgan fingerprint density at radius 1 is 1.12 bits per heavy atom. The van der Waals surface area contributed by atoms with Crippen molar-refractivity contribution in [3.8, 4) is 0 Å². The number of carbonyl (C=O) groups excluding carboxylic acids is 4. The predicted octanol–water partition coefficient (Wildman–Crippen LogP) is 0.155. The molecule has 0 heterocycles. The molecule has 0 saturated carbocycles. The lowest BCUT2D eigenvalue weighted by molar-refractivity contribution is -0.143. The number of ether oxygens (including phenoxy) is 1. The molecule has 0 fully saturated rings. The zero-order valence-electron chi connectivity index (χ0n) is 16.8. The zero-order valence-corrected chi connectivity index (χ0v) is 16.8. The van der Waals surface area contributed by atoms with Gasteiger partial charge in [0.15, 0.2) is 5.78 Å². The Morgan fingerprint density at radius 3 is 2.00 bits per heavy atom. The molecule has 0 aromatic rings. The number of nitrogens with zero attached hydrogens (tertiary/aromatic N) is 2. The van der Waals surface area contributed by atoms with E-state index in [1.807, 2.05) is 0 Å². The number of nitrogens with one attached hydrogen (secondary N) is 1. The first-order chi connectivity index (χ1) is 11.7. The maximum atomic E-state index is 12.5. The monoisotopic (exact) mass is 373 g/mol. The average molecular weight is 373 g/mol. The summed E-state index contributed by atoms with van der Waals surface area (Å²) < 4.78 is 5.08. The SMILES string of the molecule is CC(=O)C(C)N(C)C(=O)CN(C)C(=O)[C@@H](NC(=O)OC(C)(C)C)[C@@H](C)O. The summed E-state index contributed by atoms with van der Waals surface area (Å²) in [7, 11) is 2.84. The van der Waals surface area contributed by atoms with Crippen molar-refractivity contribution in [2.75, 3.05) is 20.6 Å². The lowest BCUT2D eigenvalue weighted by Crippen LogP contribution is -2.55. The molecule has 3 amide bonds. The lowest BCUT2D eigenvalue weighted by Gasteiger charge is -2.29. The first-order valence-electron chi connectivity index (χ1n) is 8.36. The molecule has 26 heavy (non-hydrogen) atoms. The van der Waals surface area contributed by atoms with E-state index in [-0.39, 0.29) is 12.3 Å². The van der Waals surface area contributed by atoms with Crippen LogP contribution in [-0.2, 0) is 19.1 Å². The van der Waals surface area contributed by atoms with Crippen molar-refractivity contribution in [1.82, 2.24) is 15.1 Å². The Bertz CT molecular complexity index is 541. The molecule has 9 heteroatoms. The summed E-state index contributed by atoms with van der Waals surface area (Å²) in [5.41, 5.74) is -0.760. The summed E-state index contributed by atoms with van der Waals surface area (Å²) in [6.07, 6.45) is -2.04. The molecule has 0 rings (SSSR count). The minimum absolute atomic E-state index is 0.178. The van der Waals surface area contributed by atoms with Crippen molar-refractivity contribution in [1.29, 1.82) is 0 Å². The fourth-order valence-electron chi connectivity index (χ4n) is 1.94. The number of Topliss-reactive ketones (excluding diaryl/α,β-unsaturated/α-hetero) is 1. The van der Waals surface area contributed by atoms with E-state index < -0.39 is 41.7 Å². The Kier molecular flexibility index (Phi) is 8.72. The molecule has 0 saturated heterocycles. The lowest BCUT2D eigenvalue weighted by atomic mass is 10.1. The molecule has 0 aliphatic heterocycles. The van der Waals surface area contributed by atoms with Crippen LogP contribution in [0.1, 0.15) is 41.5 Å². The molecule has 9 nitrogen and oxygen atoms in total. The quantitative estimate of drug-likeness (QED) is 0.656. The average Bonchev–Trinajstić information content (AvgIpc) is 2.47. The second-order valence-electron chi connectivity index (χ2n) is 7.35. The maximum absolute atomic E-state index is 12.5. The van der Waals surface area contributed by atoms with Crippen molar-refractivity contribution in [3.05, 3.63) is 0 Å². The number of alkyl carbamates (subject to hydrolysis) is 1. The van der Waals surface area contributed by atoms with E-state index in [0.29, 0.717) is 0 Å². The van der Waals surface area contributed by atoms with Gasteiger partial charge in [-0.15, -0.1) is 0 Å². The van der Waals surface area contributed by atoms with Gasteiger partial charge in [-0.2, -0.15) is 0 Å². The molecule has 3 atom stereocenters. The minimum Gasteiger partial charge on any atom is -0.444 e. The van der Waals surface area contributed by atoms with Crippen molar-refractivity contribution < 1.29 is 29.0 Å². The Balaban J connectivity index is 5.00. The normalized spacial score (nSPS) is 14.7. The van der Waals surface area contributed by atoms with Gasteiger partial charge in [-0.3, -0.25) is 14.4 Å². The molecule has 150 valence electrons. The molecule has 2 N–H and O–H groups in total. The standard InChI is InChI=1S/C17H31N3O6/c1-10(11(2)21)20(8)13(23)9-19(7)15(24)14(12(3)22)18-16(25)26-17(4,5)6/h10,12,14,22H,9H2,1-8H3,(H,18,25)/t10?,12-,14+/m1/s1. The maximum Gasteiger partial charge on any atom is 0.408 e. The van der Waals surface area contributed by atoms with E-state index in [2.05, 4.69) is 5.32 Å². The first kappa shape index (κ1) is 23.8. The molecule has 1 unspecified atom stereocenters. The van der Waals surface area contributed by atoms with E-state index in [9.17, 15) is 24.3 Å². The molecular formula is C17H31N3O6. The second kappa shape index (κ2) is 9.51. The van der Waals surface area contributed by atoms with E-state index >= 15 is 0 Å². The molecule has 0 aliphatic rings. The van der Waals surface area contributed by atoms with Crippen LogP contribution in [0.4, 0.5) is 4.79 Å². The summed E-state index contributed by atoms with van der Waals surface area (Å²) in [6, 6.07) is -1.88. The zero-order chi connectivity index (χ0) is 20.8. The van der Waals surface area contributed by atoms with Crippen LogP contribution in [0.15, 0.2) is 0 Å². The van der Waals surface area contributed by atoms with Gasteiger partial charge in [0, 0.05) is 14.1 Å². The van der Waals surface area contributed by atoms with Crippen molar-refractivity contribution >= 4 is 23.7 Å². The second-order valence-corrected chi connectivity index (χ2v) is 7.35. The number of amides is 3. The highest BCUT2D eigenvalue weighted by atomic mass is 16.6. The number of carbonyl (C=O) groups is 4. The predicted molar refractivity (Wildman–Crippen MR) is 95.4 cm³/mol. The van der Waals surface area contributed by atoms with Gasteiger partial charge in [0.25, 0.3) is 0 Å². The Labute approximate surface area is 154 Å². The van der Waals surface area contributed by atoms with Gasteiger partial charge in [0.2, 0.25) is 11.8 Å². The number of likely N-dealkylation sites (N-methyl/N-ethyl adjacent to an activating group) is 2. The topological polar surface area (TPSA) is 116 Å². The number of hydrogen-bond acceptors (Lipinski definition) is 6. The van der Waals surface area contributed by atoms with Crippen LogP contribution in [0, 0.1) is 0 Å². The molecule has 0 radical (unpaired) electrons. The summed E-state index contributed by atoms with van der Waals surface area (Å²) in [6.45, 7) is 9.02. The fraction of sp³-hybridized carbons (Fsp3) is 0.765. The van der Waals surface area contributed by atoms with E-state index in [4.69, 9.17) is 4.74 Å². The minimum atomic E-state index is -1.27. The number of ketones is 1. The highest BCUT2D eigenvalue weighted by molar-refractivity contribution is 5.91. The smallest absolute Gasteiger partial charge is 0.408 e. The van der Waals surface area contributed by atoms with Gasteiger partial charge in [0.1, 0.15) is 11.6 Å². The van der Waals surface area contributed by atoms with Crippen LogP contribution in [-0.4, -0.2) is 83.0 Å². The largest absolute Gasteiger partial charge is 0.444 e. The molecule has 0 spiro atoms. The molecule has 0 aromatic carbocycles. The van der Waals surface area contributed by atoms with Crippen LogP contribution in [0.2, 0.25) is 0 Å². The van der Waals surface area contributed by atoms with Gasteiger partial charge in [-0.1, -0.05) is 0 Å². The highest BCUT2D eigenvalue weighted by Crippen LogP contribution is 2.08. The Morgan fingerprint density at radius 2 is 1.62 bits per heavy atom. The molecular weight excluding hydrogens is 342 g/mol. The van der Waals surface area contributed by atoms with Gasteiger partial charge in [-0.25, -0.2) is 4.79 Å². The van der Waals surface area contributed by atoms with Gasteiger partial charge in [0.05, 0.1) is 18.7 Å². The number of hydrogen-bond donors (Lipinski definition) is 2. The summed E-state index contributed by atoms with van der Waals surface area (Å²) >= 11 is 0. The molecule has 0 bridgehead atoms. The Hall–Kier alpha value is -2.16. The first-order valence-corrected chi connectivity index (χ1v) is 8.36. The van der Waals surface area contributed by atoms with Crippen LogP contribution in [0.25, 0.3) is 0 Å². The number of rotatable bonds is 7. The van der Waals surface area contributed by atoms with Crippen LogP contribution >= 0.6 is 0 Å². The van der Waals surface area contributed by atoms with E-state index in [1.165, 1.54) is 32.8 Å². The number of aliphatic hydroxyl groups is 1. The van der Waals surface area contributed by atoms with E-state index in [1.54, 1.807) is 27.7 Å². The van der Waals surface area contributed by atoms with Crippen molar-refractivity contribution in [2.24, 2.45) is 0 Å². The van der Waals surface area contributed by atoms with Gasteiger partial charge < -0.3 is 25.0 Å². The van der Waals surface area contributed by atoms with Gasteiger partial charge >= 0.3 is 6.09 Å². The van der Waals surface area contributed by atoms with Crippen molar-refractivity contribution in [2.45, 2.75) is 65.3 Å².